The van der Waals surface area contributed by atoms with Crippen LogP contribution in [-0.2, 0) is 0 Å². The summed E-state index contributed by atoms with van der Waals surface area (Å²) in [6.45, 7) is 0. The Kier molecular flexibility index (Phi) is 5.68. The van der Waals surface area contributed by atoms with E-state index in [-0.39, 0.29) is 11.2 Å². The first-order valence-corrected chi connectivity index (χ1v) is 4.14. The van der Waals surface area contributed by atoms with Gasteiger partial charge < -0.3 is 16.3 Å². The van der Waals surface area contributed by atoms with Crippen molar-refractivity contribution in [3.8, 4) is 5.75 Å². The first kappa shape index (κ1) is 14.3. The second-order valence-corrected chi connectivity index (χ2v) is 2.69. The predicted molar refractivity (Wildman–Crippen MR) is 61.1 cm³/mol. The van der Waals surface area contributed by atoms with Gasteiger partial charge >= 0.3 is 0 Å². The second-order valence-electron chi connectivity index (χ2n) is 2.69. The highest BCUT2D eigenvalue weighted by molar-refractivity contribution is 5.83. The van der Waals surface area contributed by atoms with Crippen molar-refractivity contribution in [2.45, 2.75) is 0 Å². The van der Waals surface area contributed by atoms with Crippen molar-refractivity contribution in [1.82, 2.24) is 5.43 Å². The van der Waals surface area contributed by atoms with Crippen LogP contribution in [0, 0.1) is 10.1 Å². The van der Waals surface area contributed by atoms with Crippen molar-refractivity contribution in [2.24, 2.45) is 15.9 Å². The van der Waals surface area contributed by atoms with Gasteiger partial charge in [0.15, 0.2) is 5.03 Å². The minimum atomic E-state index is -0.938. The van der Waals surface area contributed by atoms with Crippen molar-refractivity contribution in [1.29, 1.82) is 0 Å². The summed E-state index contributed by atoms with van der Waals surface area (Å²) in [6, 6.07) is 6.29. The van der Waals surface area contributed by atoms with Gasteiger partial charge in [-0.1, -0.05) is 12.1 Å². The summed E-state index contributed by atoms with van der Waals surface area (Å²) in [7, 11) is 0. The van der Waals surface area contributed by atoms with Crippen LogP contribution in [-0.4, -0.2) is 27.8 Å². The Bertz CT molecular complexity index is 445. The van der Waals surface area contributed by atoms with E-state index in [9.17, 15) is 10.1 Å². The highest BCUT2D eigenvalue weighted by atomic mass is 16.7. The van der Waals surface area contributed by atoms with Gasteiger partial charge in [-0.15, -0.1) is 0 Å². The summed E-state index contributed by atoms with van der Waals surface area (Å²) in [5.41, 5.74) is 7.87. The van der Waals surface area contributed by atoms with Crippen molar-refractivity contribution in [3.63, 3.8) is 0 Å². The summed E-state index contributed by atoms with van der Waals surface area (Å²) in [5, 5.41) is 24.4. The number of guanidine groups is 1. The molecule has 0 aliphatic carbocycles. The number of phenolic OH excluding ortho intramolecular Hbond substituents is 1. The van der Waals surface area contributed by atoms with Crippen LogP contribution in [0.1, 0.15) is 5.56 Å². The molecular formula is C8H11N5O4. The number of rotatable bonds is 3. The van der Waals surface area contributed by atoms with Gasteiger partial charge in [0.25, 0.3) is 5.96 Å². The number of hydrogen-bond acceptors (Lipinski definition) is 4. The zero-order chi connectivity index (χ0) is 12.0. The number of aromatic hydroxyl groups is 1. The van der Waals surface area contributed by atoms with E-state index in [0.29, 0.717) is 5.56 Å². The molecule has 17 heavy (non-hydrogen) atoms. The van der Waals surface area contributed by atoms with Crippen LogP contribution >= 0.6 is 0 Å². The molecule has 0 bridgehead atoms. The van der Waals surface area contributed by atoms with Gasteiger partial charge in [0.1, 0.15) is 10.9 Å². The summed E-state index contributed by atoms with van der Waals surface area (Å²) in [6.07, 6.45) is 1.34. The highest BCUT2D eigenvalue weighted by Gasteiger charge is 1.95. The molecular weight excluding hydrogens is 230 g/mol. The summed E-state index contributed by atoms with van der Waals surface area (Å²) in [4.78, 5) is 9.90. The Morgan fingerprint density at radius 2 is 2.29 bits per heavy atom. The minimum Gasteiger partial charge on any atom is -0.508 e. The van der Waals surface area contributed by atoms with E-state index in [2.05, 4.69) is 15.6 Å². The summed E-state index contributed by atoms with van der Waals surface area (Å²) >= 11 is 0. The van der Waals surface area contributed by atoms with Gasteiger partial charge in [-0.2, -0.15) is 5.10 Å². The van der Waals surface area contributed by atoms with Crippen LogP contribution < -0.4 is 11.2 Å². The van der Waals surface area contributed by atoms with E-state index in [4.69, 9.17) is 10.8 Å². The lowest BCUT2D eigenvalue weighted by atomic mass is 10.2. The van der Waals surface area contributed by atoms with Crippen molar-refractivity contribution < 1.29 is 15.6 Å². The summed E-state index contributed by atoms with van der Waals surface area (Å²) < 4.78 is 0. The molecule has 0 fully saturated rings. The normalized spacial score (nSPS) is 10.9. The fraction of sp³-hybridized carbons (Fsp3) is 0. The Morgan fingerprint density at radius 1 is 1.59 bits per heavy atom. The molecule has 0 aliphatic rings. The number of benzene rings is 1. The molecule has 0 aliphatic heterocycles. The maximum absolute atomic E-state index is 9.90. The Balaban J connectivity index is 0.00000256. The molecule has 0 unspecified atom stereocenters. The van der Waals surface area contributed by atoms with E-state index in [1.807, 2.05) is 0 Å². The van der Waals surface area contributed by atoms with E-state index in [0.717, 1.165) is 0 Å². The third kappa shape index (κ3) is 5.69. The molecule has 0 aromatic heterocycles. The first-order chi connectivity index (χ1) is 7.58. The van der Waals surface area contributed by atoms with Crippen molar-refractivity contribution >= 4 is 12.2 Å². The zero-order valence-corrected chi connectivity index (χ0v) is 8.57. The number of hydrazone groups is 2. The van der Waals surface area contributed by atoms with E-state index < -0.39 is 11.0 Å². The molecule has 0 spiro atoms. The van der Waals surface area contributed by atoms with E-state index in [1.54, 1.807) is 12.1 Å². The van der Waals surface area contributed by atoms with Crippen LogP contribution in [0.3, 0.4) is 0 Å². The number of hydrogen-bond donors (Lipinski definition) is 3. The fourth-order valence-corrected chi connectivity index (χ4v) is 0.888. The Morgan fingerprint density at radius 3 is 2.88 bits per heavy atom. The van der Waals surface area contributed by atoms with Gasteiger partial charge in [0.2, 0.25) is 0 Å². The molecule has 9 heteroatoms. The van der Waals surface area contributed by atoms with Crippen molar-refractivity contribution in [3.05, 3.63) is 39.9 Å². The van der Waals surface area contributed by atoms with Gasteiger partial charge in [0, 0.05) is 0 Å². The monoisotopic (exact) mass is 241 g/mol. The van der Waals surface area contributed by atoms with Gasteiger partial charge in [-0.05, 0) is 17.7 Å². The smallest absolute Gasteiger partial charge is 0.286 e. The second kappa shape index (κ2) is 6.74. The van der Waals surface area contributed by atoms with Crippen LogP contribution in [0.2, 0.25) is 0 Å². The third-order valence-electron chi connectivity index (χ3n) is 1.45. The van der Waals surface area contributed by atoms with Crippen molar-refractivity contribution in [2.75, 3.05) is 0 Å². The van der Waals surface area contributed by atoms with Gasteiger partial charge in [0.05, 0.1) is 6.21 Å². The standard InChI is InChI=1S/C8H9N5O3.H2O/c9-8(12-13(15)16)11-10-5-6-2-1-3-7(14)4-6;/h1-5,14H,(H3,9,11,12);1H2. The van der Waals surface area contributed by atoms with Gasteiger partial charge in [-0.25, -0.2) is 15.5 Å². The topological polar surface area (TPSA) is 158 Å². The van der Waals surface area contributed by atoms with Crippen LogP contribution in [0.4, 0.5) is 0 Å². The first-order valence-electron chi connectivity index (χ1n) is 4.14. The zero-order valence-electron chi connectivity index (χ0n) is 8.57. The summed E-state index contributed by atoms with van der Waals surface area (Å²) in [5.74, 6) is -0.336. The molecule has 0 heterocycles. The lowest BCUT2D eigenvalue weighted by Gasteiger charge is -1.95. The fourth-order valence-electron chi connectivity index (χ4n) is 0.888. The maximum Gasteiger partial charge on any atom is 0.286 e. The molecule has 0 radical (unpaired) electrons. The molecule has 9 nitrogen and oxygen atoms in total. The SMILES string of the molecule is NC(=N[N+](=O)[O-])NN=Cc1cccc(O)c1.O. The van der Waals surface area contributed by atoms with Crippen LogP contribution in [0.5, 0.6) is 5.75 Å². The number of nitro groups is 1. The number of phenols is 1. The van der Waals surface area contributed by atoms with Gasteiger partial charge in [-0.3, -0.25) is 0 Å². The molecule has 6 N–H and O–H groups in total. The lowest BCUT2D eigenvalue weighted by molar-refractivity contribution is -0.485. The number of nitrogens with two attached hydrogens (primary N) is 1. The number of nitrogens with zero attached hydrogens (tertiary/aromatic N) is 3. The molecule has 0 saturated heterocycles. The highest BCUT2D eigenvalue weighted by Crippen LogP contribution is 2.08. The molecule has 1 aromatic rings. The third-order valence-corrected chi connectivity index (χ3v) is 1.45. The number of nitrogens with one attached hydrogen (secondary N) is 1. The van der Waals surface area contributed by atoms with E-state index >= 15 is 0 Å². The van der Waals surface area contributed by atoms with Crippen LogP contribution in [0.25, 0.3) is 0 Å². The predicted octanol–water partition coefficient (Wildman–Crippen LogP) is -1.00. The lowest BCUT2D eigenvalue weighted by Crippen LogP contribution is -2.28. The average Bonchev–Trinajstić information content (AvgIpc) is 2.16. The molecule has 1 aromatic carbocycles. The largest absolute Gasteiger partial charge is 0.508 e. The Hall–Kier alpha value is -2.68. The van der Waals surface area contributed by atoms with Crippen LogP contribution in [0.15, 0.2) is 34.5 Å². The molecule has 0 atom stereocenters. The molecule has 92 valence electrons. The molecule has 1 rings (SSSR count). The van der Waals surface area contributed by atoms with E-state index in [1.165, 1.54) is 18.3 Å². The molecule has 0 saturated carbocycles. The quantitative estimate of drug-likeness (QED) is 0.267. The molecule has 0 amide bonds. The minimum absolute atomic E-state index is 0. The average molecular weight is 241 g/mol. The Labute approximate surface area is 95.7 Å². The maximum atomic E-state index is 9.90.